The van der Waals surface area contributed by atoms with E-state index in [1.807, 2.05) is 11.4 Å². The van der Waals surface area contributed by atoms with Crippen LogP contribution in [0.4, 0.5) is 19.0 Å². The Labute approximate surface area is 105 Å². The van der Waals surface area contributed by atoms with E-state index in [9.17, 15) is 13.2 Å². The highest BCUT2D eigenvalue weighted by Gasteiger charge is 2.27. The molecule has 2 aromatic rings. The Balaban J connectivity index is 2.13. The van der Waals surface area contributed by atoms with Crippen molar-refractivity contribution in [2.45, 2.75) is 12.8 Å². The third-order valence-corrected chi connectivity index (χ3v) is 2.91. The summed E-state index contributed by atoms with van der Waals surface area (Å²) >= 11 is 1.40. The molecule has 2 aromatic heterocycles. The molecule has 0 bridgehead atoms. The van der Waals surface area contributed by atoms with Gasteiger partial charge in [-0.2, -0.15) is 13.2 Å². The van der Waals surface area contributed by atoms with E-state index in [2.05, 4.69) is 20.0 Å². The molecule has 0 aliphatic heterocycles. The van der Waals surface area contributed by atoms with Crippen molar-refractivity contribution in [2.75, 3.05) is 19.0 Å². The van der Waals surface area contributed by atoms with Crippen LogP contribution >= 0.6 is 11.3 Å². The first-order chi connectivity index (χ1) is 8.49. The quantitative estimate of drug-likeness (QED) is 0.933. The van der Waals surface area contributed by atoms with Crippen LogP contribution in [0.1, 0.15) is 5.82 Å². The first-order valence-corrected chi connectivity index (χ1v) is 5.94. The molecule has 8 heteroatoms. The monoisotopic (exact) mass is 277 g/mol. The summed E-state index contributed by atoms with van der Waals surface area (Å²) in [5.74, 6) is 0.824. The molecule has 0 amide bonds. The standard InChI is InChI=1S/C10H10F3N3OS/c1-14-8-6-2-3-18-9(6)16-7(15-8)4-17-5-10(11,12)13/h2-3H,4-5H2,1H3,(H,14,15,16). The molecule has 0 aromatic carbocycles. The molecule has 0 saturated carbocycles. The lowest BCUT2D eigenvalue weighted by Gasteiger charge is -2.08. The van der Waals surface area contributed by atoms with E-state index in [0.717, 1.165) is 10.2 Å². The zero-order valence-electron chi connectivity index (χ0n) is 9.41. The van der Waals surface area contributed by atoms with Gasteiger partial charge in [0.2, 0.25) is 0 Å². The predicted octanol–water partition coefficient (Wildman–Crippen LogP) is 2.81. The number of nitrogens with one attached hydrogen (secondary N) is 1. The molecule has 0 fully saturated rings. The molecule has 1 N–H and O–H groups in total. The summed E-state index contributed by atoms with van der Waals surface area (Å²) in [7, 11) is 1.69. The van der Waals surface area contributed by atoms with Gasteiger partial charge in [0.25, 0.3) is 0 Å². The molecule has 0 aliphatic carbocycles. The molecule has 0 radical (unpaired) electrons. The zero-order valence-corrected chi connectivity index (χ0v) is 10.2. The summed E-state index contributed by atoms with van der Waals surface area (Å²) in [4.78, 5) is 8.96. The number of hydrogen-bond donors (Lipinski definition) is 1. The van der Waals surface area contributed by atoms with E-state index in [-0.39, 0.29) is 12.4 Å². The Kier molecular flexibility index (Phi) is 3.67. The Hall–Kier alpha value is -1.41. The number of nitrogens with zero attached hydrogens (tertiary/aromatic N) is 2. The molecule has 98 valence electrons. The average molecular weight is 277 g/mol. The van der Waals surface area contributed by atoms with Crippen molar-refractivity contribution >= 4 is 27.4 Å². The maximum atomic E-state index is 11.9. The van der Waals surface area contributed by atoms with E-state index in [1.165, 1.54) is 11.3 Å². The molecule has 4 nitrogen and oxygen atoms in total. The number of anilines is 1. The smallest absolute Gasteiger partial charge is 0.372 e. The minimum atomic E-state index is -4.33. The van der Waals surface area contributed by atoms with E-state index in [4.69, 9.17) is 0 Å². The number of aromatic nitrogens is 2. The minimum absolute atomic E-state index is 0.235. The van der Waals surface area contributed by atoms with Gasteiger partial charge in [-0.05, 0) is 11.4 Å². The van der Waals surface area contributed by atoms with Crippen molar-refractivity contribution in [1.82, 2.24) is 9.97 Å². The van der Waals surface area contributed by atoms with E-state index in [0.29, 0.717) is 5.82 Å². The fourth-order valence-corrected chi connectivity index (χ4v) is 2.20. The third-order valence-electron chi connectivity index (χ3n) is 2.11. The molecule has 2 heterocycles. The van der Waals surface area contributed by atoms with Crippen LogP contribution in [-0.4, -0.2) is 29.8 Å². The van der Waals surface area contributed by atoms with Gasteiger partial charge in [-0.25, -0.2) is 9.97 Å². The molecule has 0 aliphatic rings. The number of halogens is 3. The maximum Gasteiger partial charge on any atom is 0.411 e. The van der Waals surface area contributed by atoms with Gasteiger partial charge in [0.1, 0.15) is 23.9 Å². The van der Waals surface area contributed by atoms with E-state index < -0.39 is 12.8 Å². The largest absolute Gasteiger partial charge is 0.411 e. The predicted molar refractivity (Wildman–Crippen MR) is 62.7 cm³/mol. The van der Waals surface area contributed by atoms with Crippen LogP contribution in [0, 0.1) is 0 Å². The van der Waals surface area contributed by atoms with Crippen LogP contribution in [0.2, 0.25) is 0 Å². The number of hydrogen-bond acceptors (Lipinski definition) is 5. The van der Waals surface area contributed by atoms with Crippen LogP contribution < -0.4 is 5.32 Å². The molecule has 0 spiro atoms. The second kappa shape index (κ2) is 5.07. The lowest BCUT2D eigenvalue weighted by molar-refractivity contribution is -0.177. The van der Waals surface area contributed by atoms with Crippen molar-refractivity contribution < 1.29 is 17.9 Å². The number of fused-ring (bicyclic) bond motifs is 1. The molecule has 0 atom stereocenters. The van der Waals surface area contributed by atoms with Crippen molar-refractivity contribution in [3.05, 3.63) is 17.3 Å². The summed E-state index contributed by atoms with van der Waals surface area (Å²) in [6.07, 6.45) is -4.33. The second-order valence-electron chi connectivity index (χ2n) is 3.49. The number of ether oxygens (including phenoxy) is 1. The maximum absolute atomic E-state index is 11.9. The first-order valence-electron chi connectivity index (χ1n) is 5.06. The van der Waals surface area contributed by atoms with Crippen LogP contribution in [-0.2, 0) is 11.3 Å². The van der Waals surface area contributed by atoms with Gasteiger partial charge in [0, 0.05) is 7.05 Å². The Morgan fingerprint density at radius 2 is 2.17 bits per heavy atom. The van der Waals surface area contributed by atoms with E-state index >= 15 is 0 Å². The van der Waals surface area contributed by atoms with Gasteiger partial charge in [-0.1, -0.05) is 0 Å². The normalized spacial score (nSPS) is 12.0. The molecular weight excluding hydrogens is 267 g/mol. The van der Waals surface area contributed by atoms with Crippen molar-refractivity contribution in [2.24, 2.45) is 0 Å². The number of thiophene rings is 1. The number of alkyl halides is 3. The van der Waals surface area contributed by atoms with Gasteiger partial charge in [0.15, 0.2) is 5.82 Å². The van der Waals surface area contributed by atoms with Crippen molar-refractivity contribution in [3.8, 4) is 0 Å². The molecule has 18 heavy (non-hydrogen) atoms. The van der Waals surface area contributed by atoms with Crippen LogP contribution in [0.5, 0.6) is 0 Å². The highest BCUT2D eigenvalue weighted by molar-refractivity contribution is 7.16. The van der Waals surface area contributed by atoms with E-state index in [1.54, 1.807) is 7.05 Å². The summed E-state index contributed by atoms with van der Waals surface area (Å²) in [5, 5.41) is 5.58. The van der Waals surface area contributed by atoms with Crippen LogP contribution in [0.15, 0.2) is 11.4 Å². The Morgan fingerprint density at radius 3 is 2.83 bits per heavy atom. The second-order valence-corrected chi connectivity index (χ2v) is 4.38. The van der Waals surface area contributed by atoms with Crippen LogP contribution in [0.3, 0.4) is 0 Å². The van der Waals surface area contributed by atoms with Gasteiger partial charge < -0.3 is 10.1 Å². The lowest BCUT2D eigenvalue weighted by Crippen LogP contribution is -2.17. The average Bonchev–Trinajstić information content (AvgIpc) is 2.74. The summed E-state index contributed by atoms with van der Waals surface area (Å²) in [6.45, 7) is -1.56. The van der Waals surface area contributed by atoms with Gasteiger partial charge in [0.05, 0.1) is 5.39 Å². The Morgan fingerprint density at radius 1 is 1.39 bits per heavy atom. The summed E-state index contributed by atoms with van der Waals surface area (Å²) in [5.41, 5.74) is 0. The minimum Gasteiger partial charge on any atom is -0.372 e. The fraction of sp³-hybridized carbons (Fsp3) is 0.400. The van der Waals surface area contributed by atoms with Gasteiger partial charge in [-0.3, -0.25) is 0 Å². The summed E-state index contributed by atoms with van der Waals surface area (Å²) < 4.78 is 40.3. The molecule has 0 unspecified atom stereocenters. The highest BCUT2D eigenvalue weighted by Crippen LogP contribution is 2.25. The Bertz CT molecular complexity index is 541. The first kappa shape index (κ1) is 13.0. The number of rotatable bonds is 4. The topological polar surface area (TPSA) is 47.0 Å². The van der Waals surface area contributed by atoms with Gasteiger partial charge >= 0.3 is 6.18 Å². The van der Waals surface area contributed by atoms with Gasteiger partial charge in [-0.15, -0.1) is 11.3 Å². The van der Waals surface area contributed by atoms with Crippen molar-refractivity contribution in [1.29, 1.82) is 0 Å². The fourth-order valence-electron chi connectivity index (χ4n) is 1.41. The third kappa shape index (κ3) is 3.08. The highest BCUT2D eigenvalue weighted by atomic mass is 32.1. The van der Waals surface area contributed by atoms with Crippen molar-refractivity contribution in [3.63, 3.8) is 0 Å². The lowest BCUT2D eigenvalue weighted by atomic mass is 10.4. The summed E-state index contributed by atoms with van der Waals surface area (Å²) in [6, 6.07) is 1.85. The molecule has 0 saturated heterocycles. The molecule has 2 rings (SSSR count). The van der Waals surface area contributed by atoms with Crippen LogP contribution in [0.25, 0.3) is 10.2 Å². The SMILES string of the molecule is CNc1nc(COCC(F)(F)F)nc2sccc12. The zero-order chi connectivity index (χ0) is 13.2. The molecular formula is C10H10F3N3OS.